The first-order valence-electron chi connectivity index (χ1n) is 11.3. The van der Waals surface area contributed by atoms with Crippen LogP contribution in [-0.2, 0) is 0 Å². The number of hydrogen-bond donors (Lipinski definition) is 0. The normalized spacial score (nSPS) is 11.0. The molecule has 1 heteroatoms. The van der Waals surface area contributed by atoms with Crippen LogP contribution in [0.25, 0.3) is 32.7 Å². The van der Waals surface area contributed by atoms with Gasteiger partial charge in [-0.2, -0.15) is 0 Å². The number of rotatable bonds is 4. The van der Waals surface area contributed by atoms with Crippen molar-refractivity contribution in [1.82, 2.24) is 0 Å². The Kier molecular flexibility index (Phi) is 4.86. The summed E-state index contributed by atoms with van der Waals surface area (Å²) in [6.45, 7) is 0. The highest BCUT2D eigenvalue weighted by atomic mass is 15.1. The van der Waals surface area contributed by atoms with Crippen molar-refractivity contribution < 1.29 is 0 Å². The Morgan fingerprint density at radius 2 is 1.03 bits per heavy atom. The molecule has 6 aromatic rings. The lowest BCUT2D eigenvalue weighted by Crippen LogP contribution is -2.11. The number of nitrogens with zero attached hydrogens (tertiary/aromatic N) is 1. The quantitative estimate of drug-likeness (QED) is 0.274. The van der Waals surface area contributed by atoms with Crippen molar-refractivity contribution in [1.29, 1.82) is 0 Å². The zero-order chi connectivity index (χ0) is 22.0. The topological polar surface area (TPSA) is 3.24 Å². The molecule has 0 radical (unpaired) electrons. The van der Waals surface area contributed by atoms with Gasteiger partial charge in [0.05, 0.1) is 11.4 Å². The Bertz CT molecular complexity index is 1560. The SMILES string of the molecule is c1ccc(-c2ccccc2N(c2ccc3ccccc3c2)c2cccc3ccccc23)cc1. The largest absolute Gasteiger partial charge is 0.309 e. The monoisotopic (exact) mass is 421 g/mol. The van der Waals surface area contributed by atoms with E-state index in [2.05, 4.69) is 144 Å². The van der Waals surface area contributed by atoms with Gasteiger partial charge in [0.25, 0.3) is 0 Å². The minimum atomic E-state index is 1.15. The summed E-state index contributed by atoms with van der Waals surface area (Å²) in [6.07, 6.45) is 0. The molecule has 0 N–H and O–H groups in total. The first kappa shape index (κ1) is 19.3. The molecule has 0 amide bonds. The zero-order valence-electron chi connectivity index (χ0n) is 18.2. The van der Waals surface area contributed by atoms with Gasteiger partial charge in [-0.15, -0.1) is 0 Å². The second-order valence-electron chi connectivity index (χ2n) is 8.25. The van der Waals surface area contributed by atoms with Crippen LogP contribution in [0.5, 0.6) is 0 Å². The van der Waals surface area contributed by atoms with E-state index in [0.717, 1.165) is 11.4 Å². The molecule has 0 spiro atoms. The number of fused-ring (bicyclic) bond motifs is 2. The third-order valence-corrected chi connectivity index (χ3v) is 6.23. The third kappa shape index (κ3) is 3.54. The molecule has 0 fully saturated rings. The summed E-state index contributed by atoms with van der Waals surface area (Å²) < 4.78 is 0. The van der Waals surface area contributed by atoms with Crippen molar-refractivity contribution in [2.24, 2.45) is 0 Å². The average molecular weight is 422 g/mol. The predicted octanol–water partition coefficient (Wildman–Crippen LogP) is 9.13. The fourth-order valence-corrected chi connectivity index (χ4v) is 4.66. The van der Waals surface area contributed by atoms with E-state index in [-0.39, 0.29) is 0 Å². The highest BCUT2D eigenvalue weighted by Crippen LogP contribution is 2.43. The first-order chi connectivity index (χ1) is 16.4. The van der Waals surface area contributed by atoms with Crippen molar-refractivity contribution in [3.8, 4) is 11.1 Å². The molecule has 0 aliphatic carbocycles. The number of benzene rings is 6. The molecule has 156 valence electrons. The maximum Gasteiger partial charge on any atom is 0.0540 e. The Labute approximate surface area is 194 Å². The standard InChI is InChI=1S/C32H23N/c1-2-12-25(13-3-1)29-18-8-9-19-31(29)33(28-22-21-24-11-4-5-15-27(24)23-28)32-20-10-16-26-14-6-7-17-30(26)32/h1-23H. The molecule has 0 unspecified atom stereocenters. The van der Waals surface area contributed by atoms with Crippen LogP contribution in [0.4, 0.5) is 17.1 Å². The van der Waals surface area contributed by atoms with Gasteiger partial charge in [-0.05, 0) is 46.0 Å². The van der Waals surface area contributed by atoms with E-state index >= 15 is 0 Å². The predicted molar refractivity (Wildman–Crippen MR) is 142 cm³/mol. The number of hydrogen-bond acceptors (Lipinski definition) is 1. The Morgan fingerprint density at radius 1 is 0.394 bits per heavy atom. The Morgan fingerprint density at radius 3 is 1.91 bits per heavy atom. The third-order valence-electron chi connectivity index (χ3n) is 6.23. The smallest absolute Gasteiger partial charge is 0.0540 e. The molecule has 33 heavy (non-hydrogen) atoms. The van der Waals surface area contributed by atoms with E-state index in [4.69, 9.17) is 0 Å². The van der Waals surface area contributed by atoms with Crippen molar-refractivity contribution >= 4 is 38.6 Å². The average Bonchev–Trinajstić information content (AvgIpc) is 2.90. The first-order valence-corrected chi connectivity index (χ1v) is 11.3. The van der Waals surface area contributed by atoms with Crippen molar-refractivity contribution in [2.75, 3.05) is 4.90 Å². The van der Waals surface area contributed by atoms with Gasteiger partial charge in [-0.25, -0.2) is 0 Å². The fourth-order valence-electron chi connectivity index (χ4n) is 4.66. The van der Waals surface area contributed by atoms with Crippen LogP contribution in [0.1, 0.15) is 0 Å². The summed E-state index contributed by atoms with van der Waals surface area (Å²) in [5, 5.41) is 4.95. The number of anilines is 3. The van der Waals surface area contributed by atoms with Crippen molar-refractivity contribution in [2.45, 2.75) is 0 Å². The molecule has 1 nitrogen and oxygen atoms in total. The Balaban J connectivity index is 1.66. The van der Waals surface area contributed by atoms with Gasteiger partial charge < -0.3 is 4.90 Å². The molecule has 0 aromatic heterocycles. The second-order valence-corrected chi connectivity index (χ2v) is 8.25. The molecular weight excluding hydrogens is 398 g/mol. The number of para-hydroxylation sites is 1. The van der Waals surface area contributed by atoms with Crippen LogP contribution >= 0.6 is 0 Å². The second kappa shape index (κ2) is 8.29. The van der Waals surface area contributed by atoms with E-state index in [9.17, 15) is 0 Å². The molecular formula is C32H23N. The van der Waals surface area contributed by atoms with Gasteiger partial charge in [0, 0.05) is 16.6 Å². The molecule has 0 atom stereocenters. The summed E-state index contributed by atoms with van der Waals surface area (Å²) >= 11 is 0. The maximum atomic E-state index is 2.40. The van der Waals surface area contributed by atoms with Gasteiger partial charge in [0.1, 0.15) is 0 Å². The lowest BCUT2D eigenvalue weighted by molar-refractivity contribution is 1.30. The molecule has 0 heterocycles. The van der Waals surface area contributed by atoms with Crippen molar-refractivity contribution in [3.63, 3.8) is 0 Å². The van der Waals surface area contributed by atoms with E-state index in [1.807, 2.05) is 0 Å². The van der Waals surface area contributed by atoms with Crippen LogP contribution in [0.2, 0.25) is 0 Å². The summed E-state index contributed by atoms with van der Waals surface area (Å²) in [5.41, 5.74) is 5.90. The van der Waals surface area contributed by atoms with E-state index in [0.29, 0.717) is 0 Å². The summed E-state index contributed by atoms with van der Waals surface area (Å²) in [5.74, 6) is 0. The molecule has 0 saturated carbocycles. The van der Waals surface area contributed by atoms with E-state index in [1.165, 1.54) is 38.4 Å². The summed E-state index contributed by atoms with van der Waals surface area (Å²) in [4.78, 5) is 2.40. The van der Waals surface area contributed by atoms with E-state index in [1.54, 1.807) is 0 Å². The molecule has 0 saturated heterocycles. The maximum absolute atomic E-state index is 2.40. The fraction of sp³-hybridized carbons (Fsp3) is 0. The summed E-state index contributed by atoms with van der Waals surface area (Å²) in [6, 6.07) is 49.8. The van der Waals surface area contributed by atoms with Crippen LogP contribution in [0, 0.1) is 0 Å². The highest BCUT2D eigenvalue weighted by Gasteiger charge is 2.19. The van der Waals surface area contributed by atoms with Gasteiger partial charge >= 0.3 is 0 Å². The zero-order valence-corrected chi connectivity index (χ0v) is 18.2. The summed E-state index contributed by atoms with van der Waals surface area (Å²) in [7, 11) is 0. The molecule has 6 rings (SSSR count). The van der Waals surface area contributed by atoms with Crippen LogP contribution in [0.3, 0.4) is 0 Å². The van der Waals surface area contributed by atoms with Crippen LogP contribution in [-0.4, -0.2) is 0 Å². The molecule has 0 aliphatic rings. The van der Waals surface area contributed by atoms with Crippen LogP contribution in [0.15, 0.2) is 140 Å². The van der Waals surface area contributed by atoms with Gasteiger partial charge in [0.15, 0.2) is 0 Å². The van der Waals surface area contributed by atoms with Gasteiger partial charge in [-0.1, -0.05) is 115 Å². The lowest BCUT2D eigenvalue weighted by Gasteiger charge is -2.29. The highest BCUT2D eigenvalue weighted by molar-refractivity contribution is 6.02. The molecule has 0 aliphatic heterocycles. The van der Waals surface area contributed by atoms with Gasteiger partial charge in [-0.3, -0.25) is 0 Å². The van der Waals surface area contributed by atoms with E-state index < -0.39 is 0 Å². The Hall–Kier alpha value is -4.36. The minimum absolute atomic E-state index is 1.15. The lowest BCUT2D eigenvalue weighted by atomic mass is 10.00. The minimum Gasteiger partial charge on any atom is -0.309 e. The molecule has 6 aromatic carbocycles. The van der Waals surface area contributed by atoms with Crippen LogP contribution < -0.4 is 4.90 Å². The van der Waals surface area contributed by atoms with Gasteiger partial charge in [0.2, 0.25) is 0 Å². The van der Waals surface area contributed by atoms with Crippen molar-refractivity contribution in [3.05, 3.63) is 140 Å². The molecule has 0 bridgehead atoms.